The van der Waals surface area contributed by atoms with E-state index >= 15 is 0 Å². The molecule has 0 fully saturated rings. The predicted molar refractivity (Wildman–Crippen MR) is 91.0 cm³/mol. The first-order valence-electron chi connectivity index (χ1n) is 8.09. The fourth-order valence-corrected chi connectivity index (χ4v) is 2.20. The van der Waals surface area contributed by atoms with E-state index in [1.165, 1.54) is 11.1 Å². The summed E-state index contributed by atoms with van der Waals surface area (Å²) in [6.45, 7) is 11.5. The van der Waals surface area contributed by atoms with E-state index in [1.54, 1.807) is 0 Å². The van der Waals surface area contributed by atoms with Crippen LogP contribution in [-0.4, -0.2) is 24.3 Å². The molecule has 22 heavy (non-hydrogen) atoms. The van der Waals surface area contributed by atoms with Crippen LogP contribution in [0.2, 0.25) is 0 Å². The third-order valence-electron chi connectivity index (χ3n) is 3.33. The van der Waals surface area contributed by atoms with Crippen LogP contribution in [0.25, 0.3) is 0 Å². The fourth-order valence-electron chi connectivity index (χ4n) is 2.20. The highest BCUT2D eigenvalue weighted by atomic mass is 16.6. The van der Waals surface area contributed by atoms with E-state index in [-0.39, 0.29) is 12.1 Å². The van der Waals surface area contributed by atoms with Crippen molar-refractivity contribution in [2.75, 3.05) is 6.54 Å². The second-order valence-corrected chi connectivity index (χ2v) is 6.63. The molecular formula is C18H30N2O2. The number of amides is 1. The van der Waals surface area contributed by atoms with Crippen molar-refractivity contribution in [3.63, 3.8) is 0 Å². The molecule has 0 spiro atoms. The monoisotopic (exact) mass is 306 g/mol. The van der Waals surface area contributed by atoms with Crippen LogP contribution in [0.3, 0.4) is 0 Å². The molecular weight excluding hydrogens is 276 g/mol. The lowest BCUT2D eigenvalue weighted by Gasteiger charge is -2.22. The lowest BCUT2D eigenvalue weighted by Crippen LogP contribution is -2.38. The summed E-state index contributed by atoms with van der Waals surface area (Å²) in [7, 11) is 0. The second-order valence-electron chi connectivity index (χ2n) is 6.63. The first-order chi connectivity index (χ1) is 10.3. The Morgan fingerprint density at radius 1 is 1.23 bits per heavy atom. The van der Waals surface area contributed by atoms with Crippen molar-refractivity contribution in [3.05, 3.63) is 35.4 Å². The summed E-state index contributed by atoms with van der Waals surface area (Å²) in [4.78, 5) is 11.7. The van der Waals surface area contributed by atoms with Gasteiger partial charge in [0, 0.05) is 12.6 Å². The van der Waals surface area contributed by atoms with Crippen LogP contribution in [0.15, 0.2) is 24.3 Å². The van der Waals surface area contributed by atoms with E-state index in [0.717, 1.165) is 25.9 Å². The molecule has 4 nitrogen and oxygen atoms in total. The topological polar surface area (TPSA) is 50.4 Å². The summed E-state index contributed by atoms with van der Waals surface area (Å²) in [5.74, 6) is 0. The van der Waals surface area contributed by atoms with Crippen LogP contribution < -0.4 is 10.6 Å². The van der Waals surface area contributed by atoms with Gasteiger partial charge in [-0.05, 0) is 58.2 Å². The number of hydrogen-bond acceptors (Lipinski definition) is 3. The van der Waals surface area contributed by atoms with E-state index in [4.69, 9.17) is 4.74 Å². The lowest BCUT2D eigenvalue weighted by atomic mass is 10.1. The van der Waals surface area contributed by atoms with Gasteiger partial charge < -0.3 is 15.4 Å². The number of aryl methyl sites for hydroxylation is 1. The summed E-state index contributed by atoms with van der Waals surface area (Å²) in [5, 5.41) is 6.29. The Hall–Kier alpha value is -1.55. The molecule has 0 saturated heterocycles. The van der Waals surface area contributed by atoms with Crippen molar-refractivity contribution in [1.29, 1.82) is 0 Å². The maximum absolute atomic E-state index is 11.7. The number of rotatable bonds is 7. The zero-order valence-corrected chi connectivity index (χ0v) is 14.5. The zero-order chi connectivity index (χ0) is 16.6. The van der Waals surface area contributed by atoms with Crippen molar-refractivity contribution < 1.29 is 9.53 Å². The largest absolute Gasteiger partial charge is 0.444 e. The molecule has 4 heteroatoms. The minimum atomic E-state index is -0.452. The molecule has 0 bridgehead atoms. The van der Waals surface area contributed by atoms with Crippen molar-refractivity contribution >= 4 is 6.09 Å². The van der Waals surface area contributed by atoms with Crippen molar-refractivity contribution in [2.24, 2.45) is 0 Å². The molecule has 0 radical (unpaired) electrons. The van der Waals surface area contributed by atoms with Gasteiger partial charge in [0.2, 0.25) is 0 Å². The lowest BCUT2D eigenvalue weighted by molar-refractivity contribution is 0.0506. The maximum atomic E-state index is 11.7. The number of benzene rings is 1. The van der Waals surface area contributed by atoms with Gasteiger partial charge in [0.05, 0.1) is 0 Å². The maximum Gasteiger partial charge on any atom is 0.407 e. The normalized spacial score (nSPS) is 12.8. The first-order valence-corrected chi connectivity index (χ1v) is 8.09. The highest BCUT2D eigenvalue weighted by molar-refractivity contribution is 5.67. The number of carbonyl (C=O) groups excluding carboxylic acids is 1. The van der Waals surface area contributed by atoms with E-state index in [2.05, 4.69) is 41.8 Å². The van der Waals surface area contributed by atoms with Crippen molar-refractivity contribution in [2.45, 2.75) is 65.6 Å². The number of alkyl carbamates (subject to hydrolysis) is 1. The molecule has 1 rings (SSSR count). The molecule has 0 heterocycles. The van der Waals surface area contributed by atoms with Gasteiger partial charge >= 0.3 is 6.09 Å². The van der Waals surface area contributed by atoms with Gasteiger partial charge in [-0.2, -0.15) is 0 Å². The van der Waals surface area contributed by atoms with Crippen LogP contribution in [0.1, 0.15) is 52.2 Å². The second kappa shape index (κ2) is 8.79. The van der Waals surface area contributed by atoms with E-state index in [9.17, 15) is 4.79 Å². The van der Waals surface area contributed by atoms with Gasteiger partial charge in [-0.15, -0.1) is 0 Å². The van der Waals surface area contributed by atoms with Crippen LogP contribution in [-0.2, 0) is 17.7 Å². The summed E-state index contributed by atoms with van der Waals surface area (Å²) in [6, 6.07) is 8.57. The zero-order valence-electron chi connectivity index (χ0n) is 14.5. The van der Waals surface area contributed by atoms with Gasteiger partial charge in [0.1, 0.15) is 5.60 Å². The Morgan fingerprint density at radius 3 is 2.45 bits per heavy atom. The van der Waals surface area contributed by atoms with Gasteiger partial charge in [0.15, 0.2) is 0 Å². The Balaban J connectivity index is 2.25. The molecule has 2 N–H and O–H groups in total. The minimum Gasteiger partial charge on any atom is -0.444 e. The molecule has 0 aliphatic rings. The summed E-state index contributed by atoms with van der Waals surface area (Å²) in [5.41, 5.74) is 2.28. The molecule has 1 aromatic carbocycles. The van der Waals surface area contributed by atoms with Crippen LogP contribution >= 0.6 is 0 Å². The quantitative estimate of drug-likeness (QED) is 0.756. The van der Waals surface area contributed by atoms with Gasteiger partial charge in [-0.1, -0.05) is 31.2 Å². The van der Waals surface area contributed by atoms with Crippen LogP contribution in [0.5, 0.6) is 0 Å². The summed E-state index contributed by atoms with van der Waals surface area (Å²) >= 11 is 0. The Labute approximate surface area is 134 Å². The first kappa shape index (κ1) is 18.5. The molecule has 124 valence electrons. The van der Waals surface area contributed by atoms with Crippen LogP contribution in [0, 0.1) is 0 Å². The van der Waals surface area contributed by atoms with Crippen LogP contribution in [0.4, 0.5) is 4.79 Å². The average Bonchev–Trinajstić information content (AvgIpc) is 2.41. The number of carbonyl (C=O) groups is 1. The highest BCUT2D eigenvalue weighted by Crippen LogP contribution is 2.09. The van der Waals surface area contributed by atoms with E-state index in [1.807, 2.05) is 27.7 Å². The number of nitrogens with one attached hydrogen (secondary N) is 2. The minimum absolute atomic E-state index is 0.0868. The molecule has 1 atom stereocenters. The predicted octanol–water partition coefficient (Wildman–Crippen LogP) is 3.64. The fraction of sp³-hybridized carbons (Fsp3) is 0.611. The molecule has 0 aliphatic carbocycles. The standard InChI is InChI=1S/C18H30N2O2/c1-6-15-9-7-8-10-16(15)13-19-12-11-14(2)20-17(21)22-18(3,4)5/h7-10,14,19H,6,11-13H2,1-5H3,(H,20,21). The number of ether oxygens (including phenoxy) is 1. The third-order valence-corrected chi connectivity index (χ3v) is 3.33. The Kier molecular flexibility index (Phi) is 7.39. The molecule has 0 aliphatic heterocycles. The van der Waals surface area contributed by atoms with Gasteiger partial charge in [-0.3, -0.25) is 0 Å². The van der Waals surface area contributed by atoms with Crippen molar-refractivity contribution in [1.82, 2.24) is 10.6 Å². The molecule has 0 aromatic heterocycles. The van der Waals surface area contributed by atoms with Gasteiger partial charge in [-0.25, -0.2) is 4.79 Å². The van der Waals surface area contributed by atoms with Crippen molar-refractivity contribution in [3.8, 4) is 0 Å². The summed E-state index contributed by atoms with van der Waals surface area (Å²) < 4.78 is 5.24. The molecule has 1 unspecified atom stereocenters. The Morgan fingerprint density at radius 2 is 1.86 bits per heavy atom. The molecule has 1 aromatic rings. The number of hydrogen-bond donors (Lipinski definition) is 2. The summed E-state index contributed by atoms with van der Waals surface area (Å²) in [6.07, 6.45) is 1.57. The SMILES string of the molecule is CCc1ccccc1CNCCC(C)NC(=O)OC(C)(C)C. The van der Waals surface area contributed by atoms with E-state index in [0.29, 0.717) is 0 Å². The highest BCUT2D eigenvalue weighted by Gasteiger charge is 2.17. The Bertz CT molecular complexity index is 466. The third kappa shape index (κ3) is 7.46. The van der Waals surface area contributed by atoms with Gasteiger partial charge in [0.25, 0.3) is 0 Å². The smallest absolute Gasteiger partial charge is 0.407 e. The molecule has 0 saturated carbocycles. The average molecular weight is 306 g/mol. The molecule has 1 amide bonds. The van der Waals surface area contributed by atoms with E-state index < -0.39 is 5.60 Å².